The van der Waals surface area contributed by atoms with Crippen LogP contribution in [0.2, 0.25) is 0 Å². The Morgan fingerprint density at radius 2 is 1.79 bits per heavy atom. The summed E-state index contributed by atoms with van der Waals surface area (Å²) in [6.45, 7) is 0.282. The Bertz CT molecular complexity index is 1150. The topological polar surface area (TPSA) is 77.1 Å². The van der Waals surface area contributed by atoms with E-state index in [9.17, 15) is 9.59 Å². The number of anilines is 2. The van der Waals surface area contributed by atoms with Crippen LogP contribution >= 0.6 is 11.8 Å². The molecule has 8 heteroatoms. The predicted octanol–water partition coefficient (Wildman–Crippen LogP) is 4.64. The SMILES string of the molecule is COc1ccc(N2C(=O)CSC2c2ccccc2NC(=O)COCc2ccccc2)c(OC)c1. The first-order chi connectivity index (χ1) is 16.6. The molecule has 1 heterocycles. The van der Waals surface area contributed by atoms with Gasteiger partial charge in [-0.25, -0.2) is 0 Å². The van der Waals surface area contributed by atoms with Crippen molar-refractivity contribution in [3.63, 3.8) is 0 Å². The maximum Gasteiger partial charge on any atom is 0.250 e. The summed E-state index contributed by atoms with van der Waals surface area (Å²) < 4.78 is 16.4. The molecule has 3 aromatic rings. The molecule has 0 bridgehead atoms. The minimum absolute atomic E-state index is 0.0363. The highest BCUT2D eigenvalue weighted by atomic mass is 32.2. The first kappa shape index (κ1) is 23.7. The van der Waals surface area contributed by atoms with Gasteiger partial charge in [-0.05, 0) is 23.8 Å². The van der Waals surface area contributed by atoms with E-state index in [0.29, 0.717) is 35.2 Å². The van der Waals surface area contributed by atoms with Gasteiger partial charge in [-0.1, -0.05) is 48.5 Å². The number of carbonyl (C=O) groups is 2. The van der Waals surface area contributed by atoms with Crippen molar-refractivity contribution in [2.24, 2.45) is 0 Å². The third kappa shape index (κ3) is 5.35. The molecule has 0 spiro atoms. The van der Waals surface area contributed by atoms with Crippen LogP contribution in [0.5, 0.6) is 11.5 Å². The summed E-state index contributed by atoms with van der Waals surface area (Å²) >= 11 is 1.50. The molecular weight excluding hydrogens is 452 g/mol. The molecule has 1 unspecified atom stereocenters. The van der Waals surface area contributed by atoms with Crippen LogP contribution in [0.3, 0.4) is 0 Å². The zero-order chi connectivity index (χ0) is 23.9. The zero-order valence-corrected chi connectivity index (χ0v) is 19.8. The number of hydrogen-bond donors (Lipinski definition) is 1. The van der Waals surface area contributed by atoms with Crippen molar-refractivity contribution in [2.45, 2.75) is 12.0 Å². The number of nitrogens with zero attached hydrogens (tertiary/aromatic N) is 1. The number of para-hydroxylation sites is 1. The first-order valence-electron chi connectivity index (χ1n) is 10.8. The highest BCUT2D eigenvalue weighted by Gasteiger charge is 2.37. The fourth-order valence-corrected chi connectivity index (χ4v) is 4.95. The van der Waals surface area contributed by atoms with E-state index in [4.69, 9.17) is 14.2 Å². The summed E-state index contributed by atoms with van der Waals surface area (Å²) in [7, 11) is 3.14. The van der Waals surface area contributed by atoms with Crippen LogP contribution in [0, 0.1) is 0 Å². The Morgan fingerprint density at radius 3 is 2.56 bits per heavy atom. The number of methoxy groups -OCH3 is 2. The van der Waals surface area contributed by atoms with E-state index in [2.05, 4.69) is 5.32 Å². The Morgan fingerprint density at radius 1 is 1.03 bits per heavy atom. The first-order valence-corrected chi connectivity index (χ1v) is 11.8. The van der Waals surface area contributed by atoms with E-state index in [-0.39, 0.29) is 23.8 Å². The van der Waals surface area contributed by atoms with E-state index < -0.39 is 0 Å². The van der Waals surface area contributed by atoms with Crippen molar-refractivity contribution in [3.05, 3.63) is 83.9 Å². The van der Waals surface area contributed by atoms with Gasteiger partial charge in [0.2, 0.25) is 11.8 Å². The lowest BCUT2D eigenvalue weighted by molar-refractivity contribution is -0.121. The normalized spacial score (nSPS) is 15.3. The summed E-state index contributed by atoms with van der Waals surface area (Å²) in [6, 6.07) is 22.5. The van der Waals surface area contributed by atoms with Crippen LogP contribution in [-0.2, 0) is 20.9 Å². The number of nitrogens with one attached hydrogen (secondary N) is 1. The standard InChI is InChI=1S/C26H26N2O5S/c1-31-19-12-13-22(23(14-19)32-2)28-25(30)17-34-26(28)20-10-6-7-11-21(20)27-24(29)16-33-15-18-8-4-3-5-9-18/h3-14,26H,15-17H2,1-2H3,(H,27,29). The van der Waals surface area contributed by atoms with Crippen molar-refractivity contribution in [2.75, 3.05) is 36.8 Å². The van der Waals surface area contributed by atoms with Gasteiger partial charge in [0, 0.05) is 17.3 Å². The van der Waals surface area contributed by atoms with Gasteiger partial charge >= 0.3 is 0 Å². The maximum absolute atomic E-state index is 12.9. The van der Waals surface area contributed by atoms with E-state index in [1.54, 1.807) is 31.3 Å². The largest absolute Gasteiger partial charge is 0.497 e. The Labute approximate surface area is 203 Å². The quantitative estimate of drug-likeness (QED) is 0.483. The van der Waals surface area contributed by atoms with Crippen molar-refractivity contribution in [1.29, 1.82) is 0 Å². The molecule has 2 amide bonds. The minimum atomic E-state index is -0.323. The monoisotopic (exact) mass is 478 g/mol. The lowest BCUT2D eigenvalue weighted by atomic mass is 10.1. The van der Waals surface area contributed by atoms with Gasteiger partial charge < -0.3 is 19.5 Å². The molecule has 3 aromatic carbocycles. The zero-order valence-electron chi connectivity index (χ0n) is 19.0. The average Bonchev–Trinajstić information content (AvgIpc) is 3.25. The number of thioether (sulfide) groups is 1. The average molecular weight is 479 g/mol. The molecule has 34 heavy (non-hydrogen) atoms. The van der Waals surface area contributed by atoms with Gasteiger partial charge in [-0.3, -0.25) is 14.5 Å². The third-order valence-corrected chi connectivity index (χ3v) is 6.55. The van der Waals surface area contributed by atoms with Crippen LogP contribution in [0.4, 0.5) is 11.4 Å². The fraction of sp³-hybridized carbons (Fsp3) is 0.231. The van der Waals surface area contributed by atoms with Gasteiger partial charge in [-0.2, -0.15) is 0 Å². The number of amides is 2. The second-order valence-electron chi connectivity index (χ2n) is 7.58. The molecule has 1 fully saturated rings. The van der Waals surface area contributed by atoms with E-state index in [1.807, 2.05) is 60.7 Å². The van der Waals surface area contributed by atoms with Crippen LogP contribution in [-0.4, -0.2) is 38.4 Å². The summed E-state index contributed by atoms with van der Waals surface area (Å²) in [4.78, 5) is 27.2. The number of carbonyl (C=O) groups excluding carboxylic acids is 2. The van der Waals surface area contributed by atoms with Crippen molar-refractivity contribution in [1.82, 2.24) is 0 Å². The molecule has 1 saturated heterocycles. The highest BCUT2D eigenvalue weighted by Crippen LogP contribution is 2.47. The molecule has 176 valence electrons. The molecular formula is C26H26N2O5S. The van der Waals surface area contributed by atoms with Gasteiger partial charge in [0.1, 0.15) is 23.5 Å². The summed E-state index contributed by atoms with van der Waals surface area (Å²) in [6.07, 6.45) is 0. The molecule has 1 aliphatic heterocycles. The molecule has 0 saturated carbocycles. The minimum Gasteiger partial charge on any atom is -0.497 e. The van der Waals surface area contributed by atoms with Crippen molar-refractivity contribution >= 4 is 35.0 Å². The van der Waals surface area contributed by atoms with E-state index in [0.717, 1.165) is 11.1 Å². The van der Waals surface area contributed by atoms with Gasteiger partial charge in [-0.15, -0.1) is 11.8 Å². The molecule has 1 atom stereocenters. The summed E-state index contributed by atoms with van der Waals surface area (Å²) in [5.41, 5.74) is 3.12. The third-order valence-electron chi connectivity index (χ3n) is 5.36. The molecule has 1 aliphatic rings. The molecule has 4 rings (SSSR count). The number of ether oxygens (including phenoxy) is 3. The molecule has 0 aliphatic carbocycles. The lowest BCUT2D eigenvalue weighted by Gasteiger charge is -2.27. The van der Waals surface area contributed by atoms with Crippen molar-refractivity contribution < 1.29 is 23.8 Å². The molecule has 1 N–H and O–H groups in total. The summed E-state index contributed by atoms with van der Waals surface area (Å²) in [5, 5.41) is 2.62. The molecule has 0 aromatic heterocycles. The van der Waals surface area contributed by atoms with Crippen molar-refractivity contribution in [3.8, 4) is 11.5 Å². The Kier molecular flexibility index (Phi) is 7.72. The highest BCUT2D eigenvalue weighted by molar-refractivity contribution is 8.00. The summed E-state index contributed by atoms with van der Waals surface area (Å²) in [5.74, 6) is 1.20. The van der Waals surface area contributed by atoms with Gasteiger partial charge in [0.25, 0.3) is 0 Å². The Hall–Kier alpha value is -3.49. The maximum atomic E-state index is 12.9. The number of hydrogen-bond acceptors (Lipinski definition) is 6. The lowest BCUT2D eigenvalue weighted by Crippen LogP contribution is -2.29. The van der Waals surface area contributed by atoms with E-state index in [1.165, 1.54) is 11.8 Å². The Balaban J connectivity index is 1.52. The number of benzene rings is 3. The van der Waals surface area contributed by atoms with Crippen LogP contribution < -0.4 is 19.7 Å². The van der Waals surface area contributed by atoms with Gasteiger partial charge in [0.05, 0.1) is 32.3 Å². The van der Waals surface area contributed by atoms with Crippen LogP contribution in [0.25, 0.3) is 0 Å². The van der Waals surface area contributed by atoms with Crippen LogP contribution in [0.15, 0.2) is 72.8 Å². The molecule has 7 nitrogen and oxygen atoms in total. The second-order valence-corrected chi connectivity index (χ2v) is 8.65. The predicted molar refractivity (Wildman–Crippen MR) is 133 cm³/mol. The molecule has 0 radical (unpaired) electrons. The second kappa shape index (κ2) is 11.1. The van der Waals surface area contributed by atoms with Gasteiger partial charge in [0.15, 0.2) is 0 Å². The van der Waals surface area contributed by atoms with Crippen LogP contribution in [0.1, 0.15) is 16.5 Å². The fourth-order valence-electron chi connectivity index (χ4n) is 3.75. The van der Waals surface area contributed by atoms with E-state index >= 15 is 0 Å². The number of rotatable bonds is 9. The smallest absolute Gasteiger partial charge is 0.250 e.